The highest BCUT2D eigenvalue weighted by atomic mass is 32.2. The van der Waals surface area contributed by atoms with E-state index >= 15 is 0 Å². The van der Waals surface area contributed by atoms with Crippen LogP contribution in [-0.4, -0.2) is 25.0 Å². The first-order chi connectivity index (χ1) is 9.58. The van der Waals surface area contributed by atoms with Gasteiger partial charge in [-0.25, -0.2) is 4.79 Å². The second-order valence-electron chi connectivity index (χ2n) is 4.54. The van der Waals surface area contributed by atoms with Gasteiger partial charge in [-0.05, 0) is 23.5 Å². The maximum absolute atomic E-state index is 11.4. The number of esters is 1. The van der Waals surface area contributed by atoms with Crippen LogP contribution in [-0.2, 0) is 14.3 Å². The second-order valence-corrected chi connectivity index (χ2v) is 5.52. The van der Waals surface area contributed by atoms with Crippen LogP contribution in [0.3, 0.4) is 0 Å². The van der Waals surface area contributed by atoms with Gasteiger partial charge in [0.2, 0.25) is 0 Å². The Labute approximate surface area is 123 Å². The Hall–Kier alpha value is -1.75. The highest BCUT2D eigenvalue weighted by Crippen LogP contribution is 2.17. The Morgan fingerprint density at radius 3 is 2.65 bits per heavy atom. The number of rotatable bonds is 7. The first kappa shape index (κ1) is 16.3. The molecule has 1 rings (SSSR count). The normalized spacial score (nSPS) is 10.8. The van der Waals surface area contributed by atoms with Crippen LogP contribution in [0.5, 0.6) is 0 Å². The standard InChI is InChI=1S/C15H19NO3S/c1-12(2)10-16-14(17)11-19-15(18)8-9-20-13-6-4-3-5-7-13/h3-9,12H,10-11H2,1-2H3,(H,16,17)/b9-8+. The third kappa shape index (κ3) is 7.63. The van der Waals surface area contributed by atoms with Gasteiger partial charge in [0.1, 0.15) is 0 Å². The molecule has 1 aromatic carbocycles. The summed E-state index contributed by atoms with van der Waals surface area (Å²) in [6.45, 7) is 4.33. The Balaban J connectivity index is 2.21. The van der Waals surface area contributed by atoms with Crippen molar-refractivity contribution >= 4 is 23.6 Å². The quantitative estimate of drug-likeness (QED) is 0.477. The topological polar surface area (TPSA) is 55.4 Å². The molecule has 1 aromatic rings. The summed E-state index contributed by atoms with van der Waals surface area (Å²) in [7, 11) is 0. The van der Waals surface area contributed by atoms with Gasteiger partial charge in [-0.3, -0.25) is 4.79 Å². The van der Waals surface area contributed by atoms with E-state index in [1.807, 2.05) is 44.2 Å². The first-order valence-electron chi connectivity index (χ1n) is 6.39. The van der Waals surface area contributed by atoms with Gasteiger partial charge in [0.25, 0.3) is 5.91 Å². The Kier molecular flexibility index (Phi) is 7.50. The van der Waals surface area contributed by atoms with Crippen LogP contribution in [0, 0.1) is 5.92 Å². The fourth-order valence-electron chi connectivity index (χ4n) is 1.22. The molecule has 0 atom stereocenters. The van der Waals surface area contributed by atoms with Crippen LogP contribution >= 0.6 is 11.8 Å². The number of carbonyl (C=O) groups excluding carboxylic acids is 2. The van der Waals surface area contributed by atoms with Crippen LogP contribution in [0.25, 0.3) is 0 Å². The van der Waals surface area contributed by atoms with E-state index in [1.165, 1.54) is 17.8 Å². The average Bonchev–Trinajstić information content (AvgIpc) is 2.44. The maximum atomic E-state index is 11.4. The zero-order chi connectivity index (χ0) is 14.8. The molecule has 0 heterocycles. The van der Waals surface area contributed by atoms with Crippen molar-refractivity contribution in [2.75, 3.05) is 13.2 Å². The van der Waals surface area contributed by atoms with Gasteiger partial charge in [0.15, 0.2) is 6.61 Å². The minimum Gasteiger partial charge on any atom is -0.452 e. The predicted octanol–water partition coefficient (Wildman–Crippen LogP) is 2.61. The molecule has 0 spiro atoms. The minimum absolute atomic E-state index is 0.244. The zero-order valence-corrected chi connectivity index (χ0v) is 12.5. The van der Waals surface area contributed by atoms with Crippen LogP contribution in [0.4, 0.5) is 0 Å². The van der Waals surface area contributed by atoms with Crippen LogP contribution in [0.1, 0.15) is 13.8 Å². The molecule has 5 heteroatoms. The summed E-state index contributed by atoms with van der Waals surface area (Å²) in [6, 6.07) is 9.67. The fourth-order valence-corrected chi connectivity index (χ4v) is 1.87. The summed E-state index contributed by atoms with van der Waals surface area (Å²) in [6.07, 6.45) is 1.31. The van der Waals surface area contributed by atoms with Crippen molar-refractivity contribution in [2.24, 2.45) is 5.92 Å². The third-order valence-electron chi connectivity index (χ3n) is 2.20. The molecule has 4 nitrogen and oxygen atoms in total. The summed E-state index contributed by atoms with van der Waals surface area (Å²) < 4.78 is 4.82. The molecular formula is C15H19NO3S. The number of nitrogens with one attached hydrogen (secondary N) is 1. The van der Waals surface area contributed by atoms with E-state index in [4.69, 9.17) is 4.74 Å². The summed E-state index contributed by atoms with van der Waals surface area (Å²) >= 11 is 1.42. The second kappa shape index (κ2) is 9.20. The van der Waals surface area contributed by atoms with Gasteiger partial charge in [0, 0.05) is 17.5 Å². The number of ether oxygens (including phenoxy) is 1. The minimum atomic E-state index is -0.520. The molecule has 1 N–H and O–H groups in total. The molecule has 0 radical (unpaired) electrons. The van der Waals surface area contributed by atoms with Crippen LogP contribution in [0.2, 0.25) is 0 Å². The molecule has 0 aliphatic heterocycles. The molecule has 0 saturated heterocycles. The van der Waals surface area contributed by atoms with Gasteiger partial charge >= 0.3 is 5.97 Å². The molecule has 0 fully saturated rings. The Morgan fingerprint density at radius 2 is 2.00 bits per heavy atom. The zero-order valence-electron chi connectivity index (χ0n) is 11.7. The summed E-state index contributed by atoms with van der Waals surface area (Å²) in [5.41, 5.74) is 0. The van der Waals surface area contributed by atoms with E-state index in [0.29, 0.717) is 12.5 Å². The van der Waals surface area contributed by atoms with Gasteiger partial charge in [-0.1, -0.05) is 43.8 Å². The van der Waals surface area contributed by atoms with Crippen LogP contribution in [0.15, 0.2) is 46.7 Å². The highest BCUT2D eigenvalue weighted by molar-refractivity contribution is 8.02. The largest absolute Gasteiger partial charge is 0.452 e. The molecule has 108 valence electrons. The van der Waals surface area contributed by atoms with Crippen LogP contribution < -0.4 is 5.32 Å². The molecular weight excluding hydrogens is 274 g/mol. The van der Waals surface area contributed by atoms with E-state index in [2.05, 4.69) is 5.32 Å². The van der Waals surface area contributed by atoms with Crippen molar-refractivity contribution in [2.45, 2.75) is 18.7 Å². The lowest BCUT2D eigenvalue weighted by molar-refractivity contribution is -0.143. The number of benzene rings is 1. The summed E-state index contributed by atoms with van der Waals surface area (Å²) in [5.74, 6) is -0.430. The van der Waals surface area contributed by atoms with Crippen molar-refractivity contribution in [1.29, 1.82) is 0 Å². The molecule has 0 aliphatic carbocycles. The number of amides is 1. The summed E-state index contributed by atoms with van der Waals surface area (Å²) in [5, 5.41) is 4.32. The lowest BCUT2D eigenvalue weighted by Crippen LogP contribution is -2.31. The van der Waals surface area contributed by atoms with Crippen molar-refractivity contribution in [3.63, 3.8) is 0 Å². The average molecular weight is 293 g/mol. The molecule has 0 aromatic heterocycles. The molecule has 1 amide bonds. The van der Waals surface area contributed by atoms with Gasteiger partial charge in [-0.2, -0.15) is 0 Å². The molecule has 0 aliphatic rings. The number of thioether (sulfide) groups is 1. The fraction of sp³-hybridized carbons (Fsp3) is 0.333. The Bertz CT molecular complexity index is 457. The number of carbonyl (C=O) groups is 2. The number of hydrogen-bond acceptors (Lipinski definition) is 4. The highest BCUT2D eigenvalue weighted by Gasteiger charge is 2.05. The van der Waals surface area contributed by atoms with E-state index in [1.54, 1.807) is 5.41 Å². The molecule has 0 unspecified atom stereocenters. The van der Waals surface area contributed by atoms with Gasteiger partial charge < -0.3 is 10.1 Å². The van der Waals surface area contributed by atoms with E-state index in [-0.39, 0.29) is 12.5 Å². The van der Waals surface area contributed by atoms with Gasteiger partial charge in [0.05, 0.1) is 0 Å². The van der Waals surface area contributed by atoms with Crippen molar-refractivity contribution < 1.29 is 14.3 Å². The van der Waals surface area contributed by atoms with Crippen molar-refractivity contribution in [3.8, 4) is 0 Å². The monoisotopic (exact) mass is 293 g/mol. The third-order valence-corrected chi connectivity index (χ3v) is 3.02. The lowest BCUT2D eigenvalue weighted by atomic mass is 10.2. The maximum Gasteiger partial charge on any atom is 0.331 e. The molecule has 0 saturated carbocycles. The SMILES string of the molecule is CC(C)CNC(=O)COC(=O)/C=C/Sc1ccccc1. The lowest BCUT2D eigenvalue weighted by Gasteiger charge is -2.07. The molecule has 20 heavy (non-hydrogen) atoms. The van der Waals surface area contributed by atoms with Crippen molar-refractivity contribution in [1.82, 2.24) is 5.32 Å². The Morgan fingerprint density at radius 1 is 1.30 bits per heavy atom. The van der Waals surface area contributed by atoms with E-state index in [9.17, 15) is 9.59 Å². The smallest absolute Gasteiger partial charge is 0.331 e. The van der Waals surface area contributed by atoms with Crippen molar-refractivity contribution in [3.05, 3.63) is 41.8 Å². The van der Waals surface area contributed by atoms with E-state index in [0.717, 1.165) is 4.90 Å². The molecule has 0 bridgehead atoms. The summed E-state index contributed by atoms with van der Waals surface area (Å²) in [4.78, 5) is 23.7. The number of hydrogen-bond donors (Lipinski definition) is 1. The van der Waals surface area contributed by atoms with Gasteiger partial charge in [-0.15, -0.1) is 0 Å². The first-order valence-corrected chi connectivity index (χ1v) is 7.27. The van der Waals surface area contributed by atoms with E-state index < -0.39 is 5.97 Å². The predicted molar refractivity (Wildman–Crippen MR) is 80.2 cm³/mol.